The summed E-state index contributed by atoms with van der Waals surface area (Å²) in [6, 6.07) is 0. The van der Waals surface area contributed by atoms with Crippen LogP contribution in [-0.4, -0.2) is 23.8 Å². The summed E-state index contributed by atoms with van der Waals surface area (Å²) >= 11 is 0. The predicted octanol–water partition coefficient (Wildman–Crippen LogP) is 3.35. The molecule has 0 spiro atoms. The minimum absolute atomic E-state index is 0.335. The van der Waals surface area contributed by atoms with Gasteiger partial charge in [0.05, 0.1) is 0 Å². The summed E-state index contributed by atoms with van der Waals surface area (Å²) < 4.78 is 91.1. The van der Waals surface area contributed by atoms with Gasteiger partial charge in [-0.15, -0.1) is 0 Å². The van der Waals surface area contributed by atoms with Crippen molar-refractivity contribution in [2.24, 2.45) is 0 Å². The van der Waals surface area contributed by atoms with E-state index in [9.17, 15) is 30.7 Å². The third-order valence-electron chi connectivity index (χ3n) is 2.09. The molecule has 0 aromatic rings. The Morgan fingerprint density at radius 1 is 0.867 bits per heavy atom. The molecule has 1 nitrogen and oxygen atoms in total. The summed E-state index contributed by atoms with van der Waals surface area (Å²) in [6.07, 6.45) is -7.07. The van der Waals surface area contributed by atoms with Crippen LogP contribution in [0.4, 0.5) is 30.7 Å². The molecule has 0 amide bonds. The van der Waals surface area contributed by atoms with E-state index in [0.717, 1.165) is 0 Å². The van der Waals surface area contributed by atoms with Crippen molar-refractivity contribution in [3.05, 3.63) is 0 Å². The zero-order valence-corrected chi connectivity index (χ0v) is 7.47. The Hall–Kier alpha value is -0.530. The monoisotopic (exact) mass is 240 g/mol. The number of alkyl halides is 7. The van der Waals surface area contributed by atoms with Crippen molar-refractivity contribution in [3.63, 3.8) is 0 Å². The lowest BCUT2D eigenvalue weighted by atomic mass is 10.0. The highest BCUT2D eigenvalue weighted by molar-refractivity contribution is 5.07. The molecule has 0 saturated carbocycles. The van der Waals surface area contributed by atoms with Crippen molar-refractivity contribution >= 4 is 0 Å². The molecule has 1 unspecified atom stereocenters. The van der Waals surface area contributed by atoms with Gasteiger partial charge in [-0.3, -0.25) is 4.74 Å². The van der Waals surface area contributed by atoms with Gasteiger partial charge in [-0.05, 0) is 0 Å². The van der Waals surface area contributed by atoms with E-state index in [4.69, 9.17) is 0 Å². The normalized spacial score (nSPS) is 36.8. The fourth-order valence-electron chi connectivity index (χ4n) is 1.28. The van der Waals surface area contributed by atoms with Crippen LogP contribution in [0.1, 0.15) is 19.8 Å². The quantitative estimate of drug-likeness (QED) is 0.672. The first-order valence-electron chi connectivity index (χ1n) is 4.04. The van der Waals surface area contributed by atoms with Gasteiger partial charge in [0.1, 0.15) is 0 Å². The number of rotatable bonds is 2. The van der Waals surface area contributed by atoms with Crippen LogP contribution in [0.3, 0.4) is 0 Å². The fraction of sp³-hybridized carbons (Fsp3) is 1.00. The maximum absolute atomic E-state index is 13.1. The average molecular weight is 240 g/mol. The molecule has 0 aromatic carbocycles. The van der Waals surface area contributed by atoms with Crippen molar-refractivity contribution in [3.8, 4) is 0 Å². The lowest BCUT2D eigenvalue weighted by Gasteiger charge is -2.25. The molecule has 1 saturated heterocycles. The zero-order chi connectivity index (χ0) is 12.1. The van der Waals surface area contributed by atoms with Crippen molar-refractivity contribution in [1.82, 2.24) is 0 Å². The van der Waals surface area contributed by atoms with Crippen molar-refractivity contribution in [1.29, 1.82) is 0 Å². The summed E-state index contributed by atoms with van der Waals surface area (Å²) in [5.74, 6) is -15.7. The third kappa shape index (κ3) is 1.33. The molecule has 8 heteroatoms. The van der Waals surface area contributed by atoms with Crippen LogP contribution < -0.4 is 0 Å². The van der Waals surface area contributed by atoms with Gasteiger partial charge in [0.25, 0.3) is 5.85 Å². The van der Waals surface area contributed by atoms with Crippen LogP contribution in [-0.2, 0) is 4.74 Å². The molecule has 1 fully saturated rings. The first-order chi connectivity index (χ1) is 6.52. The SMILES string of the molecule is CCCC1(F)OC(F)(F)C(F)(F)C1(F)F. The zero-order valence-electron chi connectivity index (χ0n) is 7.47. The van der Waals surface area contributed by atoms with Crippen molar-refractivity contribution in [2.45, 2.75) is 43.6 Å². The van der Waals surface area contributed by atoms with Gasteiger partial charge >= 0.3 is 18.0 Å². The molecular weight excluding hydrogens is 233 g/mol. The van der Waals surface area contributed by atoms with Crippen LogP contribution in [0.15, 0.2) is 0 Å². The Bertz CT molecular complexity index is 264. The number of hydrogen-bond acceptors (Lipinski definition) is 1. The number of ether oxygens (including phenoxy) is 1. The van der Waals surface area contributed by atoms with Crippen LogP contribution in [0.25, 0.3) is 0 Å². The number of halogens is 7. The van der Waals surface area contributed by atoms with E-state index in [1.165, 1.54) is 6.92 Å². The molecule has 15 heavy (non-hydrogen) atoms. The Balaban J connectivity index is 3.18. The molecule has 0 radical (unpaired) electrons. The minimum Gasteiger partial charge on any atom is -0.272 e. The third-order valence-corrected chi connectivity index (χ3v) is 2.09. The van der Waals surface area contributed by atoms with E-state index >= 15 is 0 Å². The Morgan fingerprint density at radius 2 is 1.33 bits per heavy atom. The van der Waals surface area contributed by atoms with Gasteiger partial charge in [-0.2, -0.15) is 26.3 Å². The van der Waals surface area contributed by atoms with Crippen LogP contribution in [0.2, 0.25) is 0 Å². The molecule has 0 aromatic heterocycles. The second-order valence-corrected chi connectivity index (χ2v) is 3.25. The van der Waals surface area contributed by atoms with E-state index < -0.39 is 30.2 Å². The Kier molecular flexibility index (Phi) is 2.50. The summed E-state index contributed by atoms with van der Waals surface area (Å²) in [5.41, 5.74) is 0. The summed E-state index contributed by atoms with van der Waals surface area (Å²) in [7, 11) is 0. The van der Waals surface area contributed by atoms with Gasteiger partial charge in [0.2, 0.25) is 0 Å². The summed E-state index contributed by atoms with van der Waals surface area (Å²) in [5, 5.41) is 0. The minimum atomic E-state index is -5.84. The van der Waals surface area contributed by atoms with Gasteiger partial charge in [0.15, 0.2) is 0 Å². The maximum atomic E-state index is 13.1. The smallest absolute Gasteiger partial charge is 0.272 e. The highest BCUT2D eigenvalue weighted by atomic mass is 19.4. The summed E-state index contributed by atoms with van der Waals surface area (Å²) in [4.78, 5) is 0. The first kappa shape index (κ1) is 12.5. The summed E-state index contributed by atoms with van der Waals surface area (Å²) in [6.45, 7) is 1.18. The molecule has 1 aliphatic heterocycles. The second kappa shape index (κ2) is 2.99. The van der Waals surface area contributed by atoms with Gasteiger partial charge in [-0.25, -0.2) is 4.39 Å². The topological polar surface area (TPSA) is 9.23 Å². The lowest BCUT2D eigenvalue weighted by Crippen LogP contribution is -2.52. The molecule has 1 heterocycles. The van der Waals surface area contributed by atoms with Gasteiger partial charge in [0, 0.05) is 6.42 Å². The molecule has 1 atom stereocenters. The largest absolute Gasteiger partial charge is 0.428 e. The van der Waals surface area contributed by atoms with Crippen molar-refractivity contribution in [2.75, 3.05) is 0 Å². The van der Waals surface area contributed by atoms with E-state index in [1.807, 2.05) is 0 Å². The van der Waals surface area contributed by atoms with E-state index in [1.54, 1.807) is 0 Å². The van der Waals surface area contributed by atoms with E-state index in [2.05, 4.69) is 4.74 Å². The second-order valence-electron chi connectivity index (χ2n) is 3.25. The van der Waals surface area contributed by atoms with E-state index in [-0.39, 0.29) is 6.42 Å². The molecule has 0 aliphatic carbocycles. The fourth-order valence-corrected chi connectivity index (χ4v) is 1.28. The lowest BCUT2D eigenvalue weighted by molar-refractivity contribution is -0.338. The van der Waals surface area contributed by atoms with E-state index in [0.29, 0.717) is 0 Å². The van der Waals surface area contributed by atoms with Crippen LogP contribution in [0, 0.1) is 0 Å². The Labute approximate surface area is 80.2 Å². The number of hydrogen-bond donors (Lipinski definition) is 0. The molecule has 1 rings (SSSR count). The highest BCUT2D eigenvalue weighted by Crippen LogP contribution is 2.61. The average Bonchev–Trinajstić information content (AvgIpc) is 2.09. The molecule has 0 bridgehead atoms. The Morgan fingerprint density at radius 3 is 1.60 bits per heavy atom. The standard InChI is InChI=1S/C7H7F7O/c1-2-3-4(8)5(9,10)6(11,12)7(13,14)15-4/h2-3H2,1H3. The molecule has 0 N–H and O–H groups in total. The van der Waals surface area contributed by atoms with Crippen LogP contribution >= 0.6 is 0 Å². The van der Waals surface area contributed by atoms with Gasteiger partial charge in [-0.1, -0.05) is 13.3 Å². The molecular formula is C7H7F7O. The van der Waals surface area contributed by atoms with Gasteiger partial charge < -0.3 is 0 Å². The predicted molar refractivity (Wildman–Crippen MR) is 34.7 cm³/mol. The highest BCUT2D eigenvalue weighted by Gasteiger charge is 2.89. The van der Waals surface area contributed by atoms with Crippen molar-refractivity contribution < 1.29 is 35.5 Å². The first-order valence-corrected chi connectivity index (χ1v) is 4.04. The van der Waals surface area contributed by atoms with Crippen LogP contribution in [0.5, 0.6) is 0 Å². The molecule has 1 aliphatic rings. The molecule has 90 valence electrons. The maximum Gasteiger partial charge on any atom is 0.428 e.